The van der Waals surface area contributed by atoms with Crippen molar-refractivity contribution >= 4 is 21.6 Å². The van der Waals surface area contributed by atoms with Crippen LogP contribution in [0.1, 0.15) is 12.5 Å². The van der Waals surface area contributed by atoms with Crippen molar-refractivity contribution in [2.24, 2.45) is 11.8 Å². The third-order valence-corrected chi connectivity index (χ3v) is 7.02. The molecule has 5 rings (SSSR count). The fourth-order valence-corrected chi connectivity index (χ4v) is 5.73. The first-order valence-electron chi connectivity index (χ1n) is 10.6. The third-order valence-electron chi connectivity index (χ3n) is 6.06. The van der Waals surface area contributed by atoms with Gasteiger partial charge in [-0.2, -0.15) is 0 Å². The Morgan fingerprint density at radius 2 is 1.94 bits per heavy atom. The highest BCUT2D eigenvalue weighted by molar-refractivity contribution is 7.18. The first-order valence-corrected chi connectivity index (χ1v) is 11.5. The number of alkyl halides is 2. The van der Waals surface area contributed by atoms with E-state index >= 15 is 0 Å². The van der Waals surface area contributed by atoms with Crippen molar-refractivity contribution in [2.75, 3.05) is 32.8 Å². The summed E-state index contributed by atoms with van der Waals surface area (Å²) in [7, 11) is 0. The lowest BCUT2D eigenvalue weighted by atomic mass is 9.84. The summed E-state index contributed by atoms with van der Waals surface area (Å²) in [4.78, 5) is 10.6. The minimum absolute atomic E-state index is 0.0242. The topological polar surface area (TPSA) is 47.5 Å². The number of benzene rings is 1. The van der Waals surface area contributed by atoms with Gasteiger partial charge in [0.25, 0.3) is 5.92 Å². The van der Waals surface area contributed by atoms with E-state index in [1.807, 2.05) is 18.4 Å². The monoisotopic (exact) mass is 463 g/mol. The average molecular weight is 464 g/mol. The summed E-state index contributed by atoms with van der Waals surface area (Å²) >= 11 is 1.42. The number of likely N-dealkylation sites (tertiary alicyclic amines) is 1. The number of fused-ring (bicyclic) bond motifs is 3. The maximum atomic E-state index is 14.6. The lowest BCUT2D eigenvalue weighted by molar-refractivity contribution is -0.128. The number of aryl methyl sites for hydroxylation is 1. The molecule has 2 fully saturated rings. The largest absolute Gasteiger partial charge is 0.472 e. The summed E-state index contributed by atoms with van der Waals surface area (Å²) in [5.74, 6) is -2.62. The Morgan fingerprint density at radius 3 is 2.62 bits per heavy atom. The number of thiophene rings is 1. The molecule has 2 aromatic heterocycles. The smallest absolute Gasteiger partial charge is 0.257 e. The van der Waals surface area contributed by atoms with Crippen LogP contribution in [0.25, 0.3) is 21.3 Å². The molecule has 2 aliphatic heterocycles. The molecule has 0 aliphatic carbocycles. The van der Waals surface area contributed by atoms with Crippen molar-refractivity contribution in [1.29, 1.82) is 0 Å². The molecule has 1 aromatic carbocycles. The fourth-order valence-electron chi connectivity index (χ4n) is 4.78. The van der Waals surface area contributed by atoms with E-state index in [0.29, 0.717) is 48.8 Å². The molecule has 3 aromatic rings. The van der Waals surface area contributed by atoms with E-state index in [4.69, 9.17) is 9.47 Å². The van der Waals surface area contributed by atoms with Crippen LogP contribution in [0.5, 0.6) is 5.88 Å². The van der Waals surface area contributed by atoms with Crippen LogP contribution >= 0.6 is 11.3 Å². The summed E-state index contributed by atoms with van der Waals surface area (Å²) < 4.78 is 54.5. The van der Waals surface area contributed by atoms with E-state index in [9.17, 15) is 13.2 Å². The molecule has 32 heavy (non-hydrogen) atoms. The standard InChI is InChI=1S/C23H24F3N3O2S/c1-13-3-4-16(18(24)5-13)17-10-32-21-19(17)27-12-28-22(21)31-20-14-6-29(11-23(2,25)26)7-15(20)9-30-8-14/h3-5,10,12,14-15,20H,6-9,11H2,1-2H3. The molecule has 2 unspecified atom stereocenters. The van der Waals surface area contributed by atoms with E-state index in [0.717, 1.165) is 17.2 Å². The maximum absolute atomic E-state index is 14.6. The molecule has 4 heterocycles. The zero-order valence-electron chi connectivity index (χ0n) is 17.9. The molecular formula is C23H24F3N3O2S. The third kappa shape index (κ3) is 4.21. The normalized spacial score (nSPS) is 24.1. The number of halogens is 3. The van der Waals surface area contributed by atoms with Gasteiger partial charge in [0.15, 0.2) is 0 Å². The van der Waals surface area contributed by atoms with Gasteiger partial charge in [-0.05, 0) is 18.6 Å². The number of nitrogens with zero attached hydrogens (tertiary/aromatic N) is 3. The van der Waals surface area contributed by atoms with Gasteiger partial charge in [0, 0.05) is 48.4 Å². The van der Waals surface area contributed by atoms with Crippen LogP contribution in [-0.2, 0) is 4.74 Å². The predicted molar refractivity (Wildman–Crippen MR) is 117 cm³/mol. The van der Waals surface area contributed by atoms with Gasteiger partial charge in [-0.3, -0.25) is 4.90 Å². The van der Waals surface area contributed by atoms with Crippen molar-refractivity contribution in [3.63, 3.8) is 0 Å². The molecule has 2 aliphatic rings. The Labute approximate surface area is 188 Å². The number of aromatic nitrogens is 2. The molecule has 0 radical (unpaired) electrons. The number of rotatable bonds is 5. The molecular weight excluding hydrogens is 439 g/mol. The van der Waals surface area contributed by atoms with Crippen LogP contribution in [0.15, 0.2) is 29.9 Å². The van der Waals surface area contributed by atoms with Gasteiger partial charge in [0.05, 0.1) is 25.3 Å². The molecule has 0 N–H and O–H groups in total. The van der Waals surface area contributed by atoms with Crippen LogP contribution in [0.3, 0.4) is 0 Å². The highest BCUT2D eigenvalue weighted by Gasteiger charge is 2.44. The van der Waals surface area contributed by atoms with E-state index in [1.54, 1.807) is 11.0 Å². The highest BCUT2D eigenvalue weighted by Crippen LogP contribution is 2.40. The Hall–Kier alpha value is -2.23. The minimum atomic E-state index is -2.74. The lowest BCUT2D eigenvalue weighted by Crippen LogP contribution is -2.58. The first kappa shape index (κ1) is 21.6. The fraction of sp³-hybridized carbons (Fsp3) is 0.478. The van der Waals surface area contributed by atoms with E-state index < -0.39 is 5.92 Å². The zero-order chi connectivity index (χ0) is 22.5. The van der Waals surface area contributed by atoms with E-state index in [-0.39, 0.29) is 30.3 Å². The number of hydrogen-bond donors (Lipinski definition) is 0. The molecule has 170 valence electrons. The van der Waals surface area contributed by atoms with E-state index in [2.05, 4.69) is 9.97 Å². The number of ether oxygens (including phenoxy) is 2. The van der Waals surface area contributed by atoms with Gasteiger partial charge in [-0.1, -0.05) is 12.1 Å². The number of hydrogen-bond acceptors (Lipinski definition) is 6. The highest BCUT2D eigenvalue weighted by atomic mass is 32.1. The van der Waals surface area contributed by atoms with E-state index in [1.165, 1.54) is 23.7 Å². The number of piperidine rings is 1. The summed E-state index contributed by atoms with van der Waals surface area (Å²) in [5, 5.41) is 1.87. The zero-order valence-corrected chi connectivity index (χ0v) is 18.7. The molecule has 0 saturated carbocycles. The Kier molecular flexibility index (Phi) is 5.59. The first-order chi connectivity index (χ1) is 15.3. The summed E-state index contributed by atoms with van der Waals surface area (Å²) in [5.41, 5.74) is 2.70. The van der Waals surface area contributed by atoms with Crippen molar-refractivity contribution < 1.29 is 22.6 Å². The lowest BCUT2D eigenvalue weighted by Gasteiger charge is -2.46. The van der Waals surface area contributed by atoms with Crippen LogP contribution in [0.4, 0.5) is 13.2 Å². The van der Waals surface area contributed by atoms with Crippen LogP contribution in [0, 0.1) is 24.6 Å². The SMILES string of the molecule is Cc1ccc(-c2csc3c(OC4C5COCC4CN(CC(C)(F)F)C5)ncnc23)c(F)c1. The van der Waals surface area contributed by atoms with Gasteiger partial charge in [0.2, 0.25) is 5.88 Å². The Morgan fingerprint density at radius 1 is 1.19 bits per heavy atom. The predicted octanol–water partition coefficient (Wildman–Crippen LogP) is 4.79. The summed E-state index contributed by atoms with van der Waals surface area (Å²) in [6.07, 6.45) is 1.25. The second kappa shape index (κ2) is 8.28. The van der Waals surface area contributed by atoms with Gasteiger partial charge in [-0.25, -0.2) is 23.1 Å². The molecule has 2 bridgehead atoms. The van der Waals surface area contributed by atoms with Crippen LogP contribution in [-0.4, -0.2) is 59.7 Å². The van der Waals surface area contributed by atoms with Crippen molar-refractivity contribution in [3.8, 4) is 17.0 Å². The van der Waals surface area contributed by atoms with Gasteiger partial charge in [-0.15, -0.1) is 11.3 Å². The summed E-state index contributed by atoms with van der Waals surface area (Å²) in [6, 6.07) is 5.14. The minimum Gasteiger partial charge on any atom is -0.472 e. The Balaban J connectivity index is 1.42. The molecule has 2 saturated heterocycles. The maximum Gasteiger partial charge on any atom is 0.257 e. The molecule has 0 amide bonds. The van der Waals surface area contributed by atoms with Gasteiger partial charge >= 0.3 is 0 Å². The average Bonchev–Trinajstić information content (AvgIpc) is 3.12. The quantitative estimate of drug-likeness (QED) is 0.545. The molecule has 2 atom stereocenters. The second-order valence-corrected chi connectivity index (χ2v) is 9.77. The van der Waals surface area contributed by atoms with Crippen molar-refractivity contribution in [2.45, 2.75) is 25.9 Å². The van der Waals surface area contributed by atoms with Crippen LogP contribution < -0.4 is 4.74 Å². The van der Waals surface area contributed by atoms with Crippen molar-refractivity contribution in [3.05, 3.63) is 41.3 Å². The summed E-state index contributed by atoms with van der Waals surface area (Å²) in [6.45, 7) is 4.44. The molecule has 9 heteroatoms. The molecule has 5 nitrogen and oxygen atoms in total. The molecule has 0 spiro atoms. The van der Waals surface area contributed by atoms with Crippen molar-refractivity contribution in [1.82, 2.24) is 14.9 Å². The van der Waals surface area contributed by atoms with Gasteiger partial charge in [0.1, 0.15) is 22.9 Å². The Bertz CT molecular complexity index is 1120. The van der Waals surface area contributed by atoms with Gasteiger partial charge < -0.3 is 9.47 Å². The van der Waals surface area contributed by atoms with Crippen LogP contribution in [0.2, 0.25) is 0 Å². The second-order valence-electron chi connectivity index (χ2n) is 8.89.